The van der Waals surface area contributed by atoms with Crippen molar-refractivity contribution >= 4 is 28.9 Å². The van der Waals surface area contributed by atoms with Gasteiger partial charge in [0, 0.05) is 24.0 Å². The molecule has 27 heavy (non-hydrogen) atoms. The molecule has 0 aromatic carbocycles. The van der Waals surface area contributed by atoms with E-state index in [0.717, 1.165) is 17.8 Å². The fourth-order valence-corrected chi connectivity index (χ4v) is 3.00. The minimum absolute atomic E-state index is 0.00968. The predicted octanol–water partition coefficient (Wildman–Crippen LogP) is 4.43. The van der Waals surface area contributed by atoms with E-state index in [1.165, 1.54) is 0 Å². The van der Waals surface area contributed by atoms with Gasteiger partial charge < -0.3 is 14.7 Å². The Hall–Kier alpha value is -2.22. The van der Waals surface area contributed by atoms with E-state index in [1.807, 2.05) is 6.92 Å². The number of ether oxygens (including phenoxy) is 1. The minimum atomic E-state index is -1.23. The van der Waals surface area contributed by atoms with Crippen LogP contribution in [0.2, 0.25) is 5.15 Å². The van der Waals surface area contributed by atoms with Crippen LogP contribution in [0.25, 0.3) is 0 Å². The average Bonchev–Trinajstić information content (AvgIpc) is 2.61. The molecule has 3 heterocycles. The number of aliphatic hydroxyl groups excluding tert-OH is 1. The molecule has 0 spiro atoms. The highest BCUT2D eigenvalue weighted by atomic mass is 35.5. The summed E-state index contributed by atoms with van der Waals surface area (Å²) in [4.78, 5) is 9.23. The number of hydrogen-bond donors (Lipinski definition) is 1. The van der Waals surface area contributed by atoms with Crippen LogP contribution in [0.3, 0.4) is 0 Å². The van der Waals surface area contributed by atoms with Gasteiger partial charge in [0.25, 0.3) is 0 Å². The zero-order chi connectivity index (χ0) is 19.7. The Labute approximate surface area is 164 Å². The lowest BCUT2D eigenvalue weighted by Crippen LogP contribution is -2.37. The van der Waals surface area contributed by atoms with Crippen molar-refractivity contribution in [2.24, 2.45) is 0 Å². The molecule has 2 aromatic heterocycles. The molecule has 0 aliphatic carbocycles. The van der Waals surface area contributed by atoms with Gasteiger partial charge in [-0.05, 0) is 25.5 Å². The predicted molar refractivity (Wildman–Crippen MR) is 98.0 cm³/mol. The lowest BCUT2D eigenvalue weighted by molar-refractivity contribution is 0.173. The molecule has 1 aliphatic rings. The Kier molecular flexibility index (Phi) is 5.64. The number of nitrogens with zero attached hydrogens (tertiary/aromatic N) is 3. The van der Waals surface area contributed by atoms with Crippen molar-refractivity contribution in [1.29, 1.82) is 0 Å². The number of rotatable bonds is 4. The second-order valence-electron chi connectivity index (χ2n) is 5.91. The van der Waals surface area contributed by atoms with E-state index in [4.69, 9.17) is 27.9 Å². The van der Waals surface area contributed by atoms with Gasteiger partial charge in [-0.15, -0.1) is 0 Å². The summed E-state index contributed by atoms with van der Waals surface area (Å²) in [7, 11) is 0. The Bertz CT molecular complexity index is 950. The number of aryl methyl sites for hydroxylation is 1. The van der Waals surface area contributed by atoms with E-state index in [0.29, 0.717) is 11.4 Å². The van der Waals surface area contributed by atoms with Gasteiger partial charge in [0.1, 0.15) is 34.1 Å². The van der Waals surface area contributed by atoms with Crippen molar-refractivity contribution < 1.29 is 18.6 Å². The first kappa shape index (κ1) is 19.5. The van der Waals surface area contributed by atoms with E-state index >= 15 is 0 Å². The molecular formula is C18H15Cl2F2N3O2. The number of anilines is 1. The highest BCUT2D eigenvalue weighted by molar-refractivity contribution is 6.31. The molecule has 0 amide bonds. The maximum atomic E-state index is 13.7. The summed E-state index contributed by atoms with van der Waals surface area (Å²) in [6.07, 6.45) is 2.86. The van der Waals surface area contributed by atoms with Crippen LogP contribution in [-0.2, 0) is 11.3 Å². The van der Waals surface area contributed by atoms with Crippen molar-refractivity contribution in [3.05, 3.63) is 75.1 Å². The summed E-state index contributed by atoms with van der Waals surface area (Å²) < 4.78 is 32.1. The van der Waals surface area contributed by atoms with Crippen LogP contribution in [0, 0.1) is 18.6 Å². The highest BCUT2D eigenvalue weighted by Crippen LogP contribution is 2.35. The van der Waals surface area contributed by atoms with Gasteiger partial charge in [0.05, 0.1) is 11.9 Å². The molecule has 0 saturated heterocycles. The standard InChI is InChI=1S/C18H15Cl2F2N3O2/c1-9-6-24-16(19)5-14(9)25-10(2)3-15(17(20)18(25)26)27-8-13-12(22)4-11(21)7-23-13/h3-7,18,26H,8H2,1-2H3. The van der Waals surface area contributed by atoms with Gasteiger partial charge >= 0.3 is 0 Å². The molecule has 1 unspecified atom stereocenters. The largest absolute Gasteiger partial charge is 0.486 e. The van der Waals surface area contributed by atoms with Gasteiger partial charge in [-0.25, -0.2) is 13.8 Å². The molecule has 5 nitrogen and oxygen atoms in total. The normalized spacial score (nSPS) is 17.2. The molecule has 0 radical (unpaired) electrons. The van der Waals surface area contributed by atoms with Gasteiger partial charge in [0.2, 0.25) is 0 Å². The summed E-state index contributed by atoms with van der Waals surface area (Å²) >= 11 is 12.2. The van der Waals surface area contributed by atoms with E-state index < -0.39 is 17.9 Å². The molecular weight excluding hydrogens is 399 g/mol. The first-order chi connectivity index (χ1) is 12.8. The van der Waals surface area contributed by atoms with Gasteiger partial charge in [0.15, 0.2) is 12.0 Å². The van der Waals surface area contributed by atoms with Crippen LogP contribution in [0.5, 0.6) is 0 Å². The summed E-state index contributed by atoms with van der Waals surface area (Å²) in [5.41, 5.74) is 1.98. The zero-order valence-corrected chi connectivity index (χ0v) is 15.9. The molecule has 0 saturated carbocycles. The fraction of sp³-hybridized carbons (Fsp3) is 0.222. The second-order valence-corrected chi connectivity index (χ2v) is 6.70. The maximum absolute atomic E-state index is 13.7. The van der Waals surface area contributed by atoms with Crippen LogP contribution in [0.4, 0.5) is 14.5 Å². The van der Waals surface area contributed by atoms with E-state index in [1.54, 1.807) is 30.2 Å². The molecule has 1 atom stereocenters. The van der Waals surface area contributed by atoms with E-state index in [2.05, 4.69) is 9.97 Å². The Morgan fingerprint density at radius 3 is 2.63 bits per heavy atom. The molecule has 0 fully saturated rings. The van der Waals surface area contributed by atoms with Gasteiger partial charge in [-0.3, -0.25) is 4.98 Å². The topological polar surface area (TPSA) is 58.5 Å². The van der Waals surface area contributed by atoms with Crippen LogP contribution < -0.4 is 4.90 Å². The van der Waals surface area contributed by atoms with Crippen molar-refractivity contribution in [2.45, 2.75) is 26.7 Å². The third-order valence-corrected chi connectivity index (χ3v) is 4.56. The van der Waals surface area contributed by atoms with Crippen molar-refractivity contribution in [3.63, 3.8) is 0 Å². The summed E-state index contributed by atoms with van der Waals surface area (Å²) in [5, 5.41) is 10.9. The maximum Gasteiger partial charge on any atom is 0.171 e. The second kappa shape index (κ2) is 7.80. The average molecular weight is 414 g/mol. The number of hydrogen-bond acceptors (Lipinski definition) is 5. The number of allylic oxidation sites excluding steroid dienone is 2. The monoisotopic (exact) mass is 413 g/mol. The minimum Gasteiger partial charge on any atom is -0.486 e. The molecule has 1 N–H and O–H groups in total. The third-order valence-electron chi connectivity index (χ3n) is 3.98. The van der Waals surface area contributed by atoms with Crippen LogP contribution >= 0.6 is 23.2 Å². The Balaban J connectivity index is 1.85. The number of aromatic nitrogens is 2. The summed E-state index contributed by atoms with van der Waals surface area (Å²) in [5.74, 6) is -1.44. The zero-order valence-electron chi connectivity index (χ0n) is 14.4. The molecule has 0 bridgehead atoms. The molecule has 9 heteroatoms. The molecule has 3 rings (SSSR count). The summed E-state index contributed by atoms with van der Waals surface area (Å²) in [6, 6.07) is 2.33. The third kappa shape index (κ3) is 4.05. The Morgan fingerprint density at radius 2 is 1.93 bits per heavy atom. The molecule has 1 aliphatic heterocycles. The number of halogens is 4. The SMILES string of the molecule is CC1=CC(OCc2ncc(F)cc2F)=C(Cl)C(O)N1c1cc(Cl)ncc1C. The van der Waals surface area contributed by atoms with Crippen LogP contribution in [0.1, 0.15) is 18.2 Å². The van der Waals surface area contributed by atoms with E-state index in [-0.39, 0.29) is 28.2 Å². The fourth-order valence-electron chi connectivity index (χ4n) is 2.64. The Morgan fingerprint density at radius 1 is 1.19 bits per heavy atom. The first-order valence-corrected chi connectivity index (χ1v) is 8.63. The number of aliphatic hydroxyl groups is 1. The van der Waals surface area contributed by atoms with E-state index in [9.17, 15) is 13.9 Å². The van der Waals surface area contributed by atoms with Crippen LogP contribution in [-0.4, -0.2) is 21.3 Å². The van der Waals surface area contributed by atoms with Crippen LogP contribution in [0.15, 0.2) is 47.1 Å². The lowest BCUT2D eigenvalue weighted by Gasteiger charge is -2.35. The van der Waals surface area contributed by atoms with Crippen molar-refractivity contribution in [1.82, 2.24) is 9.97 Å². The van der Waals surface area contributed by atoms with Gasteiger partial charge in [-0.1, -0.05) is 23.2 Å². The highest BCUT2D eigenvalue weighted by Gasteiger charge is 2.30. The first-order valence-electron chi connectivity index (χ1n) is 7.88. The smallest absolute Gasteiger partial charge is 0.171 e. The molecule has 142 valence electrons. The summed E-state index contributed by atoms with van der Waals surface area (Å²) in [6.45, 7) is 3.31. The molecule has 2 aromatic rings. The van der Waals surface area contributed by atoms with Gasteiger partial charge in [-0.2, -0.15) is 0 Å². The van der Waals surface area contributed by atoms with Crippen molar-refractivity contribution in [3.8, 4) is 0 Å². The lowest BCUT2D eigenvalue weighted by atomic mass is 10.1. The van der Waals surface area contributed by atoms with Crippen molar-refractivity contribution in [2.75, 3.05) is 4.90 Å². The number of pyridine rings is 2. The quantitative estimate of drug-likeness (QED) is 0.751.